The van der Waals surface area contributed by atoms with Gasteiger partial charge in [-0.2, -0.15) is 0 Å². The van der Waals surface area contributed by atoms with Crippen molar-refractivity contribution >= 4 is 11.9 Å². The molecule has 0 aliphatic carbocycles. The normalized spacial score (nSPS) is 13.2. The molecule has 0 spiro atoms. The van der Waals surface area contributed by atoms with Gasteiger partial charge >= 0.3 is 5.97 Å². The highest BCUT2D eigenvalue weighted by molar-refractivity contribution is 5.75. The highest BCUT2D eigenvalue weighted by atomic mass is 16.6. The van der Waals surface area contributed by atoms with E-state index in [0.29, 0.717) is 0 Å². The fourth-order valence-corrected chi connectivity index (χ4v) is 1.03. The molecule has 0 aromatic heterocycles. The summed E-state index contributed by atoms with van der Waals surface area (Å²) in [6.45, 7) is 8.63. The number of carbonyl (C=O) groups is 2. The van der Waals surface area contributed by atoms with Crippen LogP contribution in [0.3, 0.4) is 0 Å². The summed E-state index contributed by atoms with van der Waals surface area (Å²) in [6.07, 6.45) is 0.205. The maximum absolute atomic E-state index is 11.3. The zero-order valence-electron chi connectivity index (χ0n) is 9.51. The van der Waals surface area contributed by atoms with Gasteiger partial charge in [-0.3, -0.25) is 9.59 Å². The third-order valence-electron chi connectivity index (χ3n) is 1.34. The summed E-state index contributed by atoms with van der Waals surface area (Å²) in [6, 6.07) is -0.178. The number of ether oxygens (including phenoxy) is 1. The van der Waals surface area contributed by atoms with Gasteiger partial charge in [-0.25, -0.2) is 0 Å². The Kier molecular flexibility index (Phi) is 4.60. The minimum atomic E-state index is -0.465. The third kappa shape index (κ3) is 7.58. The molecular formula is C10H19NO3. The Labute approximate surface area is 85.0 Å². The molecule has 1 amide bonds. The van der Waals surface area contributed by atoms with Gasteiger partial charge in [0, 0.05) is 13.0 Å². The van der Waals surface area contributed by atoms with E-state index < -0.39 is 5.60 Å². The summed E-state index contributed by atoms with van der Waals surface area (Å²) >= 11 is 0. The van der Waals surface area contributed by atoms with Crippen molar-refractivity contribution in [3.63, 3.8) is 0 Å². The molecule has 0 heterocycles. The number of esters is 1. The fourth-order valence-electron chi connectivity index (χ4n) is 1.03. The van der Waals surface area contributed by atoms with Crippen LogP contribution in [0.4, 0.5) is 0 Å². The molecule has 0 bridgehead atoms. The van der Waals surface area contributed by atoms with E-state index in [0.717, 1.165) is 0 Å². The summed E-state index contributed by atoms with van der Waals surface area (Å²) in [4.78, 5) is 21.9. The van der Waals surface area contributed by atoms with E-state index in [4.69, 9.17) is 4.74 Å². The van der Waals surface area contributed by atoms with Gasteiger partial charge in [0.05, 0.1) is 6.42 Å². The Morgan fingerprint density at radius 2 is 1.86 bits per heavy atom. The van der Waals surface area contributed by atoms with E-state index in [-0.39, 0.29) is 24.3 Å². The summed E-state index contributed by atoms with van der Waals surface area (Å²) in [7, 11) is 0. The van der Waals surface area contributed by atoms with Gasteiger partial charge in [0.1, 0.15) is 5.60 Å². The second-order valence-electron chi connectivity index (χ2n) is 4.39. The van der Waals surface area contributed by atoms with E-state index in [1.807, 2.05) is 20.8 Å². The molecule has 1 N–H and O–H groups in total. The van der Waals surface area contributed by atoms with E-state index in [1.165, 1.54) is 6.92 Å². The van der Waals surface area contributed by atoms with Gasteiger partial charge in [-0.05, 0) is 27.7 Å². The van der Waals surface area contributed by atoms with Crippen molar-refractivity contribution in [2.75, 3.05) is 0 Å². The minimum Gasteiger partial charge on any atom is -0.460 e. The Hall–Kier alpha value is -1.06. The first kappa shape index (κ1) is 12.9. The topological polar surface area (TPSA) is 55.4 Å². The van der Waals surface area contributed by atoms with Crippen molar-refractivity contribution in [3.8, 4) is 0 Å². The van der Waals surface area contributed by atoms with Crippen LogP contribution < -0.4 is 5.32 Å². The molecule has 0 fully saturated rings. The van der Waals surface area contributed by atoms with Gasteiger partial charge in [-0.1, -0.05) is 0 Å². The van der Waals surface area contributed by atoms with Crippen LogP contribution in [-0.4, -0.2) is 23.5 Å². The van der Waals surface area contributed by atoms with Crippen molar-refractivity contribution in [3.05, 3.63) is 0 Å². The number of hydrogen-bond acceptors (Lipinski definition) is 3. The van der Waals surface area contributed by atoms with Gasteiger partial charge in [-0.15, -0.1) is 0 Å². The zero-order valence-corrected chi connectivity index (χ0v) is 9.51. The molecule has 0 radical (unpaired) electrons. The van der Waals surface area contributed by atoms with Crippen LogP contribution in [0.1, 0.15) is 41.0 Å². The Balaban J connectivity index is 3.89. The second kappa shape index (κ2) is 4.98. The molecule has 1 unspecified atom stereocenters. The average molecular weight is 201 g/mol. The van der Waals surface area contributed by atoms with E-state index >= 15 is 0 Å². The number of amides is 1. The van der Waals surface area contributed by atoms with Gasteiger partial charge in [0.15, 0.2) is 0 Å². The highest BCUT2D eigenvalue weighted by Crippen LogP contribution is 2.09. The van der Waals surface area contributed by atoms with E-state index in [1.54, 1.807) is 6.92 Å². The van der Waals surface area contributed by atoms with Gasteiger partial charge in [0.25, 0.3) is 0 Å². The Bertz CT molecular complexity index is 218. The minimum absolute atomic E-state index is 0.138. The zero-order chi connectivity index (χ0) is 11.4. The molecule has 0 aliphatic rings. The van der Waals surface area contributed by atoms with Crippen LogP contribution in [-0.2, 0) is 14.3 Å². The molecule has 0 rings (SSSR count). The second-order valence-corrected chi connectivity index (χ2v) is 4.39. The largest absolute Gasteiger partial charge is 0.460 e. The molecule has 0 aromatic rings. The Morgan fingerprint density at radius 3 is 2.21 bits per heavy atom. The van der Waals surface area contributed by atoms with Crippen LogP contribution in [0.5, 0.6) is 0 Å². The molecule has 4 heteroatoms. The lowest BCUT2D eigenvalue weighted by atomic mass is 10.2. The van der Waals surface area contributed by atoms with Crippen LogP contribution >= 0.6 is 0 Å². The fraction of sp³-hybridized carbons (Fsp3) is 0.800. The molecule has 4 nitrogen and oxygen atoms in total. The van der Waals surface area contributed by atoms with Crippen molar-refractivity contribution in [1.29, 1.82) is 0 Å². The standard InChI is InChI=1S/C10H19NO3/c1-7(11-8(2)12)6-9(13)14-10(3,4)5/h7H,6H2,1-5H3,(H,11,12). The maximum Gasteiger partial charge on any atom is 0.308 e. The molecule has 82 valence electrons. The Morgan fingerprint density at radius 1 is 1.36 bits per heavy atom. The lowest BCUT2D eigenvalue weighted by Gasteiger charge is -2.21. The summed E-state index contributed by atoms with van der Waals surface area (Å²) in [5, 5.41) is 2.62. The average Bonchev–Trinajstić information content (AvgIpc) is 1.77. The van der Waals surface area contributed by atoms with Crippen LogP contribution in [0.2, 0.25) is 0 Å². The lowest BCUT2D eigenvalue weighted by molar-refractivity contribution is -0.155. The first-order chi connectivity index (χ1) is 6.20. The number of carbonyl (C=O) groups excluding carboxylic acids is 2. The molecule has 14 heavy (non-hydrogen) atoms. The number of rotatable bonds is 3. The quantitative estimate of drug-likeness (QED) is 0.699. The molecule has 0 saturated heterocycles. The third-order valence-corrected chi connectivity index (χ3v) is 1.34. The number of nitrogens with one attached hydrogen (secondary N) is 1. The highest BCUT2D eigenvalue weighted by Gasteiger charge is 2.18. The molecule has 1 atom stereocenters. The number of hydrogen-bond donors (Lipinski definition) is 1. The van der Waals surface area contributed by atoms with Crippen LogP contribution in [0, 0.1) is 0 Å². The monoisotopic (exact) mass is 201 g/mol. The predicted molar refractivity (Wildman–Crippen MR) is 53.7 cm³/mol. The smallest absolute Gasteiger partial charge is 0.308 e. The van der Waals surface area contributed by atoms with Crippen LogP contribution in [0.15, 0.2) is 0 Å². The maximum atomic E-state index is 11.3. The van der Waals surface area contributed by atoms with Crippen molar-refractivity contribution < 1.29 is 14.3 Å². The van der Waals surface area contributed by atoms with Crippen molar-refractivity contribution in [2.24, 2.45) is 0 Å². The van der Waals surface area contributed by atoms with Gasteiger partial charge < -0.3 is 10.1 Å². The molecule has 0 aromatic carbocycles. The first-order valence-corrected chi connectivity index (χ1v) is 4.69. The van der Waals surface area contributed by atoms with E-state index in [2.05, 4.69) is 5.32 Å². The molecular weight excluding hydrogens is 182 g/mol. The van der Waals surface area contributed by atoms with Crippen molar-refractivity contribution in [2.45, 2.75) is 52.7 Å². The summed E-state index contributed by atoms with van der Waals surface area (Å²) < 4.78 is 5.10. The van der Waals surface area contributed by atoms with Crippen LogP contribution in [0.25, 0.3) is 0 Å². The predicted octanol–water partition coefficient (Wildman–Crippen LogP) is 1.24. The molecule has 0 aliphatic heterocycles. The van der Waals surface area contributed by atoms with E-state index in [9.17, 15) is 9.59 Å². The van der Waals surface area contributed by atoms with Crippen molar-refractivity contribution in [1.82, 2.24) is 5.32 Å². The lowest BCUT2D eigenvalue weighted by Crippen LogP contribution is -2.34. The molecule has 0 saturated carbocycles. The SMILES string of the molecule is CC(=O)NC(C)CC(=O)OC(C)(C)C. The van der Waals surface area contributed by atoms with Gasteiger partial charge in [0.2, 0.25) is 5.91 Å². The summed E-state index contributed by atoms with van der Waals surface area (Å²) in [5.74, 6) is -0.431. The summed E-state index contributed by atoms with van der Waals surface area (Å²) in [5.41, 5.74) is -0.465. The first-order valence-electron chi connectivity index (χ1n) is 4.69.